The highest BCUT2D eigenvalue weighted by Gasteiger charge is 2.43. The van der Waals surface area contributed by atoms with Crippen molar-refractivity contribution in [2.45, 2.75) is 107 Å². The van der Waals surface area contributed by atoms with Crippen LogP contribution in [0.1, 0.15) is 92.5 Å². The van der Waals surface area contributed by atoms with Crippen LogP contribution in [0, 0.1) is 5.92 Å². The molecule has 0 bridgehead atoms. The summed E-state index contributed by atoms with van der Waals surface area (Å²) >= 11 is 1.55. The number of aromatic nitrogens is 1. The zero-order chi connectivity index (χ0) is 26.6. The molecule has 37 heavy (non-hydrogen) atoms. The van der Waals surface area contributed by atoms with Crippen LogP contribution in [0.4, 0.5) is 17.6 Å². The van der Waals surface area contributed by atoms with Crippen molar-refractivity contribution in [3.05, 3.63) is 51.5 Å². The molecule has 2 fully saturated rings. The number of carboxylic acids is 1. The highest BCUT2D eigenvalue weighted by atomic mass is 32.1. The molecule has 2 aliphatic carbocycles. The standard InChI is InChI=1S/C28H36F4N2O2S/c1-2-21-17-37-25(33-21)16-24(27(29)12-4-3-5-13-27)34-23-11-6-18(15-26(35)36)14-22(23)19-7-9-20(10-8-19)28(30,31)32/h7-10,17-18,22-24,34H,2-6,11-16H2,1H3,(H,35,36)/t18-,22+,23-,24?/m1/s1. The molecule has 1 heterocycles. The van der Waals surface area contributed by atoms with E-state index in [-0.39, 0.29) is 24.3 Å². The smallest absolute Gasteiger partial charge is 0.416 e. The van der Waals surface area contributed by atoms with Gasteiger partial charge in [-0.05, 0) is 68.1 Å². The first-order valence-electron chi connectivity index (χ1n) is 13.3. The number of alkyl halides is 4. The van der Waals surface area contributed by atoms with Crippen molar-refractivity contribution in [3.8, 4) is 0 Å². The average Bonchev–Trinajstić information content (AvgIpc) is 3.32. The molecule has 1 aromatic heterocycles. The van der Waals surface area contributed by atoms with Gasteiger partial charge in [-0.3, -0.25) is 4.79 Å². The van der Waals surface area contributed by atoms with Crippen LogP contribution in [0.3, 0.4) is 0 Å². The van der Waals surface area contributed by atoms with Crippen LogP contribution in [-0.2, 0) is 23.8 Å². The van der Waals surface area contributed by atoms with Gasteiger partial charge in [0, 0.05) is 30.3 Å². The molecule has 2 N–H and O–H groups in total. The predicted molar refractivity (Wildman–Crippen MR) is 137 cm³/mol. The normalized spacial score (nSPS) is 25.1. The van der Waals surface area contributed by atoms with Gasteiger partial charge in [0.2, 0.25) is 0 Å². The fourth-order valence-electron chi connectivity index (χ4n) is 6.09. The number of carbonyl (C=O) groups is 1. The lowest BCUT2D eigenvalue weighted by molar-refractivity contribution is -0.139. The molecule has 1 unspecified atom stereocenters. The average molecular weight is 541 g/mol. The van der Waals surface area contributed by atoms with Gasteiger partial charge in [-0.1, -0.05) is 38.3 Å². The lowest BCUT2D eigenvalue weighted by Gasteiger charge is -2.43. The van der Waals surface area contributed by atoms with Crippen molar-refractivity contribution in [2.24, 2.45) is 5.92 Å². The Kier molecular flexibility index (Phi) is 8.94. The van der Waals surface area contributed by atoms with Crippen molar-refractivity contribution < 1.29 is 27.5 Å². The largest absolute Gasteiger partial charge is 0.481 e. The number of rotatable bonds is 9. The van der Waals surface area contributed by atoms with Crippen LogP contribution < -0.4 is 5.32 Å². The van der Waals surface area contributed by atoms with E-state index in [1.165, 1.54) is 12.1 Å². The van der Waals surface area contributed by atoms with Crippen LogP contribution >= 0.6 is 11.3 Å². The number of halogens is 4. The molecule has 0 amide bonds. The summed E-state index contributed by atoms with van der Waals surface area (Å²) in [5, 5.41) is 15.9. The van der Waals surface area contributed by atoms with Crippen molar-refractivity contribution in [1.82, 2.24) is 10.3 Å². The maximum Gasteiger partial charge on any atom is 0.416 e. The van der Waals surface area contributed by atoms with E-state index in [9.17, 15) is 23.1 Å². The minimum atomic E-state index is -4.42. The summed E-state index contributed by atoms with van der Waals surface area (Å²) in [6, 6.07) is 4.56. The Balaban J connectivity index is 1.61. The molecule has 4 nitrogen and oxygen atoms in total. The van der Waals surface area contributed by atoms with E-state index < -0.39 is 29.4 Å². The van der Waals surface area contributed by atoms with Gasteiger partial charge in [-0.25, -0.2) is 9.37 Å². The minimum absolute atomic E-state index is 0.0270. The summed E-state index contributed by atoms with van der Waals surface area (Å²) in [4.78, 5) is 16.1. The van der Waals surface area contributed by atoms with Crippen molar-refractivity contribution in [1.29, 1.82) is 0 Å². The Morgan fingerprint density at radius 1 is 1.19 bits per heavy atom. The lowest BCUT2D eigenvalue weighted by Crippen LogP contribution is -2.55. The maximum atomic E-state index is 16.4. The molecule has 2 saturated carbocycles. The first kappa shape index (κ1) is 28.0. The Labute approximate surface area is 219 Å². The fourth-order valence-corrected chi connectivity index (χ4v) is 7.02. The van der Waals surface area contributed by atoms with Crippen molar-refractivity contribution in [3.63, 3.8) is 0 Å². The number of nitrogens with one attached hydrogen (secondary N) is 1. The third-order valence-corrected chi connectivity index (χ3v) is 9.07. The number of benzene rings is 1. The number of hydrogen-bond acceptors (Lipinski definition) is 4. The van der Waals surface area contributed by atoms with Gasteiger partial charge in [-0.15, -0.1) is 11.3 Å². The van der Waals surface area contributed by atoms with E-state index in [4.69, 9.17) is 0 Å². The quantitative estimate of drug-likeness (QED) is 0.327. The molecule has 0 radical (unpaired) electrons. The van der Waals surface area contributed by atoms with E-state index in [1.807, 2.05) is 12.3 Å². The van der Waals surface area contributed by atoms with Gasteiger partial charge in [0.1, 0.15) is 5.67 Å². The number of aryl methyl sites for hydroxylation is 1. The summed E-state index contributed by atoms with van der Waals surface area (Å²) < 4.78 is 56.0. The van der Waals surface area contributed by atoms with Crippen LogP contribution in [0.25, 0.3) is 0 Å². The zero-order valence-corrected chi connectivity index (χ0v) is 22.0. The number of nitrogens with zero attached hydrogens (tertiary/aromatic N) is 1. The van der Waals surface area contributed by atoms with Gasteiger partial charge >= 0.3 is 12.1 Å². The third kappa shape index (κ3) is 7.11. The third-order valence-electron chi connectivity index (χ3n) is 8.15. The molecule has 2 aromatic rings. The zero-order valence-electron chi connectivity index (χ0n) is 21.2. The van der Waals surface area contributed by atoms with Gasteiger partial charge in [0.15, 0.2) is 0 Å². The van der Waals surface area contributed by atoms with Gasteiger partial charge in [-0.2, -0.15) is 13.2 Å². The SMILES string of the molecule is CCc1csc(CC(N[C@@H]2CC[C@@H](CC(=O)O)C[C@H]2c2ccc(C(F)(F)F)cc2)C2(F)CCCCC2)n1. The van der Waals surface area contributed by atoms with Gasteiger partial charge in [0.05, 0.1) is 16.3 Å². The predicted octanol–water partition coefficient (Wildman–Crippen LogP) is 7.32. The molecular formula is C28H36F4N2O2S. The molecule has 0 aliphatic heterocycles. The number of carboxylic acid groups (broad SMARTS) is 1. The summed E-state index contributed by atoms with van der Waals surface area (Å²) in [5.41, 5.74) is -0.360. The summed E-state index contributed by atoms with van der Waals surface area (Å²) in [6.45, 7) is 2.04. The van der Waals surface area contributed by atoms with E-state index in [1.54, 1.807) is 11.3 Å². The Morgan fingerprint density at radius 2 is 1.89 bits per heavy atom. The second-order valence-corrected chi connectivity index (χ2v) is 11.7. The van der Waals surface area contributed by atoms with E-state index in [2.05, 4.69) is 10.3 Å². The topological polar surface area (TPSA) is 62.2 Å². The number of thiazole rings is 1. The van der Waals surface area contributed by atoms with E-state index >= 15 is 4.39 Å². The molecule has 0 spiro atoms. The first-order valence-corrected chi connectivity index (χ1v) is 14.2. The number of hydrogen-bond donors (Lipinski definition) is 2. The van der Waals surface area contributed by atoms with E-state index in [0.29, 0.717) is 38.5 Å². The molecule has 2 aliphatic rings. The van der Waals surface area contributed by atoms with Crippen molar-refractivity contribution in [2.75, 3.05) is 0 Å². The monoisotopic (exact) mass is 540 g/mol. The molecule has 9 heteroatoms. The summed E-state index contributed by atoms with van der Waals surface area (Å²) in [5.74, 6) is -1.14. The molecule has 4 rings (SSSR count). The van der Waals surface area contributed by atoms with Crippen LogP contribution in [0.2, 0.25) is 0 Å². The number of aliphatic carboxylic acids is 1. The molecule has 1 aromatic carbocycles. The molecule has 204 valence electrons. The maximum absolute atomic E-state index is 16.4. The van der Waals surface area contributed by atoms with E-state index in [0.717, 1.165) is 54.1 Å². The second-order valence-electron chi connectivity index (χ2n) is 10.7. The summed E-state index contributed by atoms with van der Waals surface area (Å²) in [6.07, 6.45) is 2.41. The van der Waals surface area contributed by atoms with Crippen LogP contribution in [-0.4, -0.2) is 33.8 Å². The molecule has 4 atom stereocenters. The second kappa shape index (κ2) is 11.8. The Hall–Kier alpha value is -2.00. The lowest BCUT2D eigenvalue weighted by atomic mass is 9.72. The minimum Gasteiger partial charge on any atom is -0.481 e. The van der Waals surface area contributed by atoms with Crippen molar-refractivity contribution >= 4 is 17.3 Å². The van der Waals surface area contributed by atoms with Crippen LogP contribution in [0.5, 0.6) is 0 Å². The molecule has 0 saturated heterocycles. The Morgan fingerprint density at radius 3 is 2.49 bits per heavy atom. The highest BCUT2D eigenvalue weighted by molar-refractivity contribution is 7.09. The highest BCUT2D eigenvalue weighted by Crippen LogP contribution is 2.42. The first-order chi connectivity index (χ1) is 17.6. The van der Waals surface area contributed by atoms with Gasteiger partial charge in [0.25, 0.3) is 0 Å². The molecular weight excluding hydrogens is 504 g/mol. The van der Waals surface area contributed by atoms with Gasteiger partial charge < -0.3 is 10.4 Å². The fraction of sp³-hybridized carbons (Fsp3) is 0.643. The summed E-state index contributed by atoms with van der Waals surface area (Å²) in [7, 11) is 0. The van der Waals surface area contributed by atoms with Crippen LogP contribution in [0.15, 0.2) is 29.6 Å². The Bertz CT molecular complexity index is 1030.